The molecule has 12 heavy (non-hydrogen) atoms. The van der Waals surface area contributed by atoms with Crippen LogP contribution < -0.4 is 29.6 Å². The van der Waals surface area contributed by atoms with E-state index in [1.54, 1.807) is 0 Å². The van der Waals surface area contributed by atoms with Crippen LogP contribution in [0, 0.1) is 0 Å². The molecule has 0 amide bonds. The number of hydrogen-bond donors (Lipinski definition) is 1. The van der Waals surface area contributed by atoms with Crippen molar-refractivity contribution in [3.05, 3.63) is 0 Å². The Labute approximate surface area is 86.6 Å². The number of halogens is 4. The monoisotopic (exact) mass is 220 g/mol. The molecule has 1 N–H and O–H groups in total. The predicted octanol–water partition coefficient (Wildman–Crippen LogP) is -3.29. The summed E-state index contributed by atoms with van der Waals surface area (Å²) >= 11 is 0. The predicted molar refractivity (Wildman–Crippen MR) is 21.8 cm³/mol. The molecule has 0 rings (SSSR count). The molecule has 0 atom stereocenters. The fraction of sp³-hybridized carbons (Fsp3) is 1.00. The number of rotatable bonds is 2. The van der Waals surface area contributed by atoms with Crippen molar-refractivity contribution in [1.82, 2.24) is 0 Å². The Balaban J connectivity index is 0. The Kier molecular flexibility index (Phi) is 4.73. The van der Waals surface area contributed by atoms with E-state index in [0.717, 1.165) is 0 Å². The van der Waals surface area contributed by atoms with Crippen LogP contribution in [0.1, 0.15) is 0 Å². The molecule has 0 unspecified atom stereocenters. The van der Waals surface area contributed by atoms with E-state index in [1.165, 1.54) is 0 Å². The molecular weight excluding hydrogens is 219 g/mol. The van der Waals surface area contributed by atoms with E-state index in [1.807, 2.05) is 0 Å². The Hall–Kier alpha value is 0.590. The molecule has 4 nitrogen and oxygen atoms in total. The Bertz CT molecular complexity index is 242. The second kappa shape index (κ2) is 3.76. The topological polar surface area (TPSA) is 77.4 Å². The van der Waals surface area contributed by atoms with Crippen LogP contribution >= 0.6 is 0 Å². The quantitative estimate of drug-likeness (QED) is 0.300. The van der Waals surface area contributed by atoms with Crippen LogP contribution in [0.4, 0.5) is 17.6 Å². The third kappa shape index (κ3) is 2.82. The molecule has 0 fully saturated rings. The molecule has 68 valence electrons. The summed E-state index contributed by atoms with van der Waals surface area (Å²) in [5, 5.41) is 1.23. The van der Waals surface area contributed by atoms with Crippen molar-refractivity contribution >= 4 is 10.1 Å². The van der Waals surface area contributed by atoms with E-state index in [2.05, 4.69) is 0 Å². The van der Waals surface area contributed by atoms with E-state index in [4.69, 9.17) is 5.11 Å². The van der Waals surface area contributed by atoms with Gasteiger partial charge in [-0.05, 0) is 0 Å². The van der Waals surface area contributed by atoms with Crippen molar-refractivity contribution in [2.45, 2.75) is 11.4 Å². The molecule has 0 bridgehead atoms. The van der Waals surface area contributed by atoms with Gasteiger partial charge in [0, 0.05) is 0 Å². The van der Waals surface area contributed by atoms with Crippen LogP contribution in [-0.2, 0) is 10.1 Å². The van der Waals surface area contributed by atoms with Gasteiger partial charge in [0.2, 0.25) is 0 Å². The van der Waals surface area contributed by atoms with Gasteiger partial charge >= 0.3 is 40.9 Å². The molecule has 0 saturated carbocycles. The van der Waals surface area contributed by atoms with Gasteiger partial charge in [-0.1, -0.05) is 0 Å². The van der Waals surface area contributed by atoms with Gasteiger partial charge in [-0.3, -0.25) is 0 Å². The maximum Gasteiger partial charge on any atom is 1.00 e. The molecule has 0 saturated heterocycles. The van der Waals surface area contributed by atoms with Gasteiger partial charge in [-0.25, -0.2) is 8.42 Å². The van der Waals surface area contributed by atoms with Crippen molar-refractivity contribution in [3.8, 4) is 0 Å². The first kappa shape index (κ1) is 15.1. The van der Waals surface area contributed by atoms with Crippen LogP contribution in [0.25, 0.3) is 0 Å². The molecule has 0 aromatic rings. The molecule has 0 spiro atoms. The Morgan fingerprint density at radius 3 is 1.42 bits per heavy atom. The second-order valence-electron chi connectivity index (χ2n) is 1.51. The summed E-state index contributed by atoms with van der Waals surface area (Å²) in [4.78, 5) is 0. The Morgan fingerprint density at radius 1 is 1.17 bits per heavy atom. The minimum absolute atomic E-state index is 0. The minimum atomic E-state index is -6.54. The molecule has 10 heteroatoms. The third-order valence-corrected chi connectivity index (χ3v) is 1.54. The summed E-state index contributed by atoms with van der Waals surface area (Å²) in [5.41, 5.74) is 0. The van der Waals surface area contributed by atoms with E-state index >= 15 is 0 Å². The number of alkyl halides is 4. The second-order valence-corrected chi connectivity index (χ2v) is 2.93. The van der Waals surface area contributed by atoms with Crippen molar-refractivity contribution in [2.75, 3.05) is 0 Å². The van der Waals surface area contributed by atoms with E-state index in [9.17, 15) is 30.5 Å². The van der Waals surface area contributed by atoms with Gasteiger partial charge in [0.25, 0.3) is 0 Å². The summed E-state index contributed by atoms with van der Waals surface area (Å²) in [6.07, 6.45) is -5.85. The summed E-state index contributed by atoms with van der Waals surface area (Å²) < 4.78 is 73.6. The fourth-order valence-electron chi connectivity index (χ4n) is 0.150. The molecule has 0 aromatic heterocycles. The first-order chi connectivity index (χ1) is 4.50. The average molecular weight is 220 g/mol. The number of aliphatic hydroxyl groups is 1. The average Bonchev–Trinajstić information content (AvgIpc) is 1.58. The van der Waals surface area contributed by atoms with E-state index in [-0.39, 0.29) is 29.6 Å². The zero-order valence-corrected chi connectivity index (χ0v) is 8.41. The van der Waals surface area contributed by atoms with Crippen LogP contribution in [0.2, 0.25) is 0 Å². The van der Waals surface area contributed by atoms with Gasteiger partial charge in [0.05, 0.1) is 0 Å². The third-order valence-electron chi connectivity index (χ3n) is 0.664. The van der Waals surface area contributed by atoms with Crippen molar-refractivity contribution in [1.29, 1.82) is 0 Å². The first-order valence-corrected chi connectivity index (χ1v) is 3.34. The standard InChI is InChI=1S/C2H2F4O4S.Na/c3-1(4,7)2(5,6)11(8,9)10;/h7H,(H,8,9,10);/q;+1/p-1. The zero-order valence-electron chi connectivity index (χ0n) is 5.59. The molecule has 0 heterocycles. The smallest absolute Gasteiger partial charge is 0.743 e. The normalized spacial score (nSPS) is 13.8. The van der Waals surface area contributed by atoms with Gasteiger partial charge in [0.1, 0.15) is 0 Å². The van der Waals surface area contributed by atoms with Gasteiger partial charge in [-0.2, -0.15) is 17.6 Å². The Morgan fingerprint density at radius 2 is 1.42 bits per heavy atom. The van der Waals surface area contributed by atoms with Crippen molar-refractivity contribution in [2.24, 2.45) is 0 Å². The number of hydrogen-bond acceptors (Lipinski definition) is 4. The van der Waals surface area contributed by atoms with Crippen LogP contribution in [0.3, 0.4) is 0 Å². The zero-order chi connectivity index (χ0) is 9.50. The van der Waals surface area contributed by atoms with Crippen LogP contribution in [-0.4, -0.2) is 29.4 Å². The molecule has 0 aliphatic carbocycles. The summed E-state index contributed by atoms with van der Waals surface area (Å²) in [5.74, 6) is 0. The van der Waals surface area contributed by atoms with Crippen LogP contribution in [0.5, 0.6) is 0 Å². The van der Waals surface area contributed by atoms with Crippen molar-refractivity contribution in [3.63, 3.8) is 0 Å². The maximum atomic E-state index is 11.5. The van der Waals surface area contributed by atoms with Gasteiger partial charge < -0.3 is 9.66 Å². The largest absolute Gasteiger partial charge is 1.00 e. The molecule has 0 aromatic carbocycles. The molecular formula is C2HF4NaO4S. The van der Waals surface area contributed by atoms with E-state index in [0.29, 0.717) is 0 Å². The molecule has 0 radical (unpaired) electrons. The van der Waals surface area contributed by atoms with Crippen LogP contribution in [0.15, 0.2) is 0 Å². The minimum Gasteiger partial charge on any atom is -0.743 e. The molecule has 0 aliphatic rings. The van der Waals surface area contributed by atoms with E-state index < -0.39 is 21.5 Å². The van der Waals surface area contributed by atoms with Gasteiger partial charge in [-0.15, -0.1) is 0 Å². The van der Waals surface area contributed by atoms with Crippen molar-refractivity contribution < 1.29 is 65.2 Å². The summed E-state index contributed by atoms with van der Waals surface area (Å²) in [6.45, 7) is 0. The summed E-state index contributed by atoms with van der Waals surface area (Å²) in [6, 6.07) is 0. The SMILES string of the molecule is O=S(=O)([O-])C(F)(F)C(O)(F)F.[Na+]. The fourth-order valence-corrected chi connectivity index (χ4v) is 0.451. The maximum absolute atomic E-state index is 11.5. The first-order valence-electron chi connectivity index (χ1n) is 1.93. The van der Waals surface area contributed by atoms with Gasteiger partial charge in [0.15, 0.2) is 10.1 Å². The summed E-state index contributed by atoms with van der Waals surface area (Å²) in [7, 11) is -6.54. The molecule has 0 aliphatic heterocycles.